The van der Waals surface area contributed by atoms with Crippen molar-refractivity contribution >= 4 is 5.91 Å². The Labute approximate surface area is 178 Å². The molecule has 2 aromatic carbocycles. The van der Waals surface area contributed by atoms with Crippen LogP contribution >= 0.6 is 0 Å². The molecule has 1 amide bonds. The highest BCUT2D eigenvalue weighted by molar-refractivity contribution is 5.94. The number of carbonyl (C=O) groups is 1. The number of aryl methyl sites for hydroxylation is 1. The summed E-state index contributed by atoms with van der Waals surface area (Å²) in [7, 11) is 0. The van der Waals surface area contributed by atoms with E-state index < -0.39 is 5.54 Å². The Morgan fingerprint density at radius 2 is 1.77 bits per heavy atom. The molecule has 0 radical (unpaired) electrons. The van der Waals surface area contributed by atoms with Crippen LogP contribution in [0.1, 0.15) is 35.0 Å². The molecule has 6 heteroatoms. The Hall–Kier alpha value is -2.96. The zero-order valence-corrected chi connectivity index (χ0v) is 17.4. The molecule has 0 spiro atoms. The number of carbonyl (C=O) groups excluding carboxylic acids is 1. The van der Waals surface area contributed by atoms with Crippen molar-refractivity contribution in [2.45, 2.75) is 31.8 Å². The van der Waals surface area contributed by atoms with Gasteiger partial charge in [-0.05, 0) is 37.6 Å². The first-order chi connectivity index (χ1) is 14.6. The summed E-state index contributed by atoms with van der Waals surface area (Å²) < 4.78 is 2.06. The first-order valence-corrected chi connectivity index (χ1v) is 10.4. The van der Waals surface area contributed by atoms with Gasteiger partial charge in [0.1, 0.15) is 0 Å². The molecule has 0 bridgehead atoms. The van der Waals surface area contributed by atoms with Gasteiger partial charge in [-0.2, -0.15) is 0 Å². The first-order valence-electron chi connectivity index (χ1n) is 10.4. The minimum Gasteiger partial charge on any atom is -0.394 e. The molecule has 1 atom stereocenters. The van der Waals surface area contributed by atoms with E-state index in [0.717, 1.165) is 30.8 Å². The molecule has 1 aromatic heterocycles. The van der Waals surface area contributed by atoms with Gasteiger partial charge < -0.3 is 20.3 Å². The van der Waals surface area contributed by atoms with Gasteiger partial charge in [-0.3, -0.25) is 4.79 Å². The summed E-state index contributed by atoms with van der Waals surface area (Å²) in [6, 6.07) is 19.2. The third-order valence-corrected chi connectivity index (χ3v) is 5.22. The number of imidazole rings is 1. The van der Waals surface area contributed by atoms with Crippen LogP contribution in [-0.4, -0.2) is 40.3 Å². The largest absolute Gasteiger partial charge is 0.394 e. The lowest BCUT2D eigenvalue weighted by atomic mass is 9.93. The second-order valence-electron chi connectivity index (χ2n) is 7.61. The molecule has 3 aromatic rings. The molecule has 0 saturated heterocycles. The lowest BCUT2D eigenvalue weighted by Gasteiger charge is -2.29. The SMILES string of the molecule is CC(CO)(NCCCn1cnc(CCNC(=O)c2ccccc2)c1)c1ccccc1. The molecule has 1 unspecified atom stereocenters. The molecule has 0 aliphatic rings. The van der Waals surface area contributed by atoms with Gasteiger partial charge in [0.15, 0.2) is 0 Å². The van der Waals surface area contributed by atoms with E-state index in [1.807, 2.05) is 68.0 Å². The van der Waals surface area contributed by atoms with Crippen LogP contribution in [0.5, 0.6) is 0 Å². The highest BCUT2D eigenvalue weighted by Crippen LogP contribution is 2.19. The summed E-state index contributed by atoms with van der Waals surface area (Å²) >= 11 is 0. The van der Waals surface area contributed by atoms with Gasteiger partial charge in [-0.15, -0.1) is 0 Å². The van der Waals surface area contributed by atoms with E-state index in [0.29, 0.717) is 18.5 Å². The smallest absolute Gasteiger partial charge is 0.251 e. The molecule has 1 heterocycles. The van der Waals surface area contributed by atoms with Crippen LogP contribution in [0, 0.1) is 0 Å². The van der Waals surface area contributed by atoms with Gasteiger partial charge in [-0.1, -0.05) is 48.5 Å². The van der Waals surface area contributed by atoms with E-state index in [2.05, 4.69) is 20.2 Å². The third-order valence-electron chi connectivity index (χ3n) is 5.22. The van der Waals surface area contributed by atoms with Crippen molar-refractivity contribution in [3.63, 3.8) is 0 Å². The Morgan fingerprint density at radius 3 is 2.47 bits per heavy atom. The molecule has 6 nitrogen and oxygen atoms in total. The lowest BCUT2D eigenvalue weighted by Crippen LogP contribution is -2.43. The summed E-state index contributed by atoms with van der Waals surface area (Å²) in [5.41, 5.74) is 2.26. The molecular formula is C24H30N4O2. The first kappa shape index (κ1) is 21.7. The third kappa shape index (κ3) is 6.02. The second-order valence-corrected chi connectivity index (χ2v) is 7.61. The van der Waals surface area contributed by atoms with Gasteiger partial charge in [0, 0.05) is 31.3 Å². The fourth-order valence-electron chi connectivity index (χ4n) is 3.33. The Balaban J connectivity index is 1.39. The van der Waals surface area contributed by atoms with E-state index in [9.17, 15) is 9.90 Å². The molecular weight excluding hydrogens is 376 g/mol. The summed E-state index contributed by atoms with van der Waals surface area (Å²) in [5, 5.41) is 16.2. The van der Waals surface area contributed by atoms with Gasteiger partial charge in [0.2, 0.25) is 0 Å². The van der Waals surface area contributed by atoms with Crippen molar-refractivity contribution in [3.05, 3.63) is 90.0 Å². The van der Waals surface area contributed by atoms with Gasteiger partial charge >= 0.3 is 0 Å². The highest BCUT2D eigenvalue weighted by Gasteiger charge is 2.24. The average Bonchev–Trinajstić information content (AvgIpc) is 3.25. The Kier molecular flexibility index (Phi) is 7.76. The van der Waals surface area contributed by atoms with E-state index in [-0.39, 0.29) is 12.5 Å². The zero-order chi connectivity index (χ0) is 21.2. The summed E-state index contributed by atoms with van der Waals surface area (Å²) in [4.78, 5) is 16.5. The van der Waals surface area contributed by atoms with Gasteiger partial charge in [-0.25, -0.2) is 4.98 Å². The van der Waals surface area contributed by atoms with Crippen molar-refractivity contribution < 1.29 is 9.90 Å². The maximum Gasteiger partial charge on any atom is 0.251 e. The number of nitrogens with one attached hydrogen (secondary N) is 2. The number of hydrogen-bond acceptors (Lipinski definition) is 4. The quantitative estimate of drug-likeness (QED) is 0.428. The second kappa shape index (κ2) is 10.7. The van der Waals surface area contributed by atoms with Crippen LogP contribution < -0.4 is 10.6 Å². The number of amides is 1. The van der Waals surface area contributed by atoms with Crippen molar-refractivity contribution in [2.24, 2.45) is 0 Å². The van der Waals surface area contributed by atoms with Crippen molar-refractivity contribution in [1.82, 2.24) is 20.2 Å². The summed E-state index contributed by atoms with van der Waals surface area (Å²) in [5.74, 6) is -0.0635. The van der Waals surface area contributed by atoms with E-state index >= 15 is 0 Å². The molecule has 0 saturated carbocycles. The number of nitrogens with zero attached hydrogens (tertiary/aromatic N) is 2. The molecule has 0 aliphatic heterocycles. The topological polar surface area (TPSA) is 79.2 Å². The van der Waals surface area contributed by atoms with Crippen LogP contribution in [0.15, 0.2) is 73.2 Å². The van der Waals surface area contributed by atoms with Crippen LogP contribution in [0.4, 0.5) is 0 Å². The van der Waals surface area contributed by atoms with Crippen molar-refractivity contribution in [1.29, 1.82) is 0 Å². The number of aromatic nitrogens is 2. The Morgan fingerprint density at radius 1 is 1.07 bits per heavy atom. The number of aliphatic hydroxyl groups excluding tert-OH is 1. The highest BCUT2D eigenvalue weighted by atomic mass is 16.3. The number of benzene rings is 2. The van der Waals surface area contributed by atoms with E-state index in [4.69, 9.17) is 0 Å². The predicted molar refractivity (Wildman–Crippen MR) is 118 cm³/mol. The lowest BCUT2D eigenvalue weighted by molar-refractivity contribution is 0.0954. The molecule has 0 fully saturated rings. The number of hydrogen-bond donors (Lipinski definition) is 3. The van der Waals surface area contributed by atoms with Gasteiger partial charge in [0.25, 0.3) is 5.91 Å². The molecule has 158 valence electrons. The molecule has 30 heavy (non-hydrogen) atoms. The molecule has 3 N–H and O–H groups in total. The molecule has 0 aliphatic carbocycles. The average molecular weight is 407 g/mol. The zero-order valence-electron chi connectivity index (χ0n) is 17.4. The van der Waals surface area contributed by atoms with Gasteiger partial charge in [0.05, 0.1) is 24.2 Å². The van der Waals surface area contributed by atoms with Crippen molar-refractivity contribution in [2.75, 3.05) is 19.7 Å². The van der Waals surface area contributed by atoms with E-state index in [1.54, 1.807) is 12.1 Å². The van der Waals surface area contributed by atoms with Crippen LogP contribution in [0.3, 0.4) is 0 Å². The number of rotatable bonds is 11. The fraction of sp³-hybridized carbons (Fsp3) is 0.333. The van der Waals surface area contributed by atoms with Crippen LogP contribution in [0.2, 0.25) is 0 Å². The van der Waals surface area contributed by atoms with Crippen LogP contribution in [-0.2, 0) is 18.5 Å². The summed E-state index contributed by atoms with van der Waals surface area (Å²) in [6.45, 7) is 4.24. The number of aliphatic hydroxyl groups is 1. The molecule has 3 rings (SSSR count). The maximum atomic E-state index is 12.1. The fourth-order valence-corrected chi connectivity index (χ4v) is 3.33. The van der Waals surface area contributed by atoms with Crippen molar-refractivity contribution in [3.8, 4) is 0 Å². The minimum atomic E-state index is -0.446. The predicted octanol–water partition coefficient (Wildman–Crippen LogP) is 2.74. The Bertz CT molecular complexity index is 911. The normalized spacial score (nSPS) is 13.0. The summed E-state index contributed by atoms with van der Waals surface area (Å²) in [6.07, 6.45) is 5.47. The van der Waals surface area contributed by atoms with Crippen LogP contribution in [0.25, 0.3) is 0 Å². The standard InChI is InChI=1S/C24H30N4O2/c1-24(18-29,21-11-6-3-7-12-21)27-14-8-16-28-17-22(26-19-28)13-15-25-23(30)20-9-4-2-5-10-20/h2-7,9-12,17,19,27,29H,8,13-16,18H2,1H3,(H,25,30). The maximum absolute atomic E-state index is 12.1. The minimum absolute atomic E-state index is 0.0426. The van der Waals surface area contributed by atoms with E-state index in [1.165, 1.54) is 0 Å². The monoisotopic (exact) mass is 406 g/mol.